The molecule has 2 heterocycles. The van der Waals surface area contributed by atoms with Crippen molar-refractivity contribution in [3.05, 3.63) is 81.9 Å². The van der Waals surface area contributed by atoms with Gasteiger partial charge >= 0.3 is 0 Å². The zero-order chi connectivity index (χ0) is 18.5. The van der Waals surface area contributed by atoms with Crippen LogP contribution in [0.4, 0.5) is 0 Å². The van der Waals surface area contributed by atoms with Gasteiger partial charge in [-0.2, -0.15) is 10.4 Å². The summed E-state index contributed by atoms with van der Waals surface area (Å²) in [5.74, 6) is 0.563. The van der Waals surface area contributed by atoms with Crippen LogP contribution in [0, 0.1) is 11.3 Å². The number of nitrogens with zero attached hydrogens (tertiary/aromatic N) is 2. The maximum atomic E-state index is 10.1. The van der Waals surface area contributed by atoms with Gasteiger partial charge in [-0.05, 0) is 52.6 Å². The molecule has 2 aromatic heterocycles. The van der Waals surface area contributed by atoms with Gasteiger partial charge in [0.15, 0.2) is 5.76 Å². The third-order valence-electron chi connectivity index (χ3n) is 4.91. The van der Waals surface area contributed by atoms with E-state index in [9.17, 15) is 10.4 Å². The van der Waals surface area contributed by atoms with E-state index in [4.69, 9.17) is 16.0 Å². The van der Waals surface area contributed by atoms with Crippen LogP contribution >= 0.6 is 11.6 Å². The van der Waals surface area contributed by atoms with Crippen LogP contribution in [0.2, 0.25) is 5.02 Å². The van der Waals surface area contributed by atoms with E-state index in [0.717, 1.165) is 38.7 Å². The van der Waals surface area contributed by atoms with Crippen molar-refractivity contribution in [2.75, 3.05) is 0 Å². The zero-order valence-corrected chi connectivity index (χ0v) is 14.7. The summed E-state index contributed by atoms with van der Waals surface area (Å²) < 4.78 is 5.68. The number of phenols is 1. The highest BCUT2D eigenvalue weighted by Gasteiger charge is 2.30. The molecule has 0 spiro atoms. The first-order valence-electron chi connectivity index (χ1n) is 8.32. The summed E-state index contributed by atoms with van der Waals surface area (Å²) in [6, 6.07) is 13.0. The molecule has 0 atom stereocenters. The Morgan fingerprint density at radius 3 is 2.96 bits per heavy atom. The van der Waals surface area contributed by atoms with E-state index in [0.29, 0.717) is 22.8 Å². The Kier molecular flexibility index (Phi) is 3.36. The Balaban J connectivity index is 1.82. The van der Waals surface area contributed by atoms with Crippen LogP contribution in [0.25, 0.3) is 22.0 Å². The summed E-state index contributed by atoms with van der Waals surface area (Å²) in [7, 11) is 0. The Morgan fingerprint density at radius 1 is 1.22 bits per heavy atom. The van der Waals surface area contributed by atoms with E-state index in [1.54, 1.807) is 18.3 Å². The molecule has 2 N–H and O–H groups in total. The second kappa shape index (κ2) is 5.76. The molecule has 5 nitrogen and oxygen atoms in total. The predicted octanol–water partition coefficient (Wildman–Crippen LogP) is 4.90. The molecule has 1 aliphatic rings. The smallest absolute Gasteiger partial charge is 0.152 e. The van der Waals surface area contributed by atoms with Gasteiger partial charge in [-0.1, -0.05) is 17.7 Å². The number of H-pyrrole nitrogens is 1. The standard InChI is InChI=1S/C21H12ClN3O2/c22-18-7-14(26)6-17-16(18)8-15(20(17)21-12(9-23)3-4-27-21)11-1-2-19-13(5-11)10-24-25-19/h1-7,10,26H,8H2,(H,24,25). The maximum Gasteiger partial charge on any atom is 0.152 e. The number of benzene rings is 2. The highest BCUT2D eigenvalue weighted by molar-refractivity contribution is 6.32. The average Bonchev–Trinajstić information content (AvgIpc) is 3.37. The molecule has 0 bridgehead atoms. The van der Waals surface area contributed by atoms with E-state index >= 15 is 0 Å². The quantitative estimate of drug-likeness (QED) is 0.523. The monoisotopic (exact) mass is 373 g/mol. The number of aromatic hydroxyl groups is 1. The topological polar surface area (TPSA) is 85.8 Å². The van der Waals surface area contributed by atoms with Crippen LogP contribution < -0.4 is 0 Å². The van der Waals surface area contributed by atoms with Crippen molar-refractivity contribution in [3.8, 4) is 11.8 Å². The second-order valence-electron chi connectivity index (χ2n) is 6.43. The minimum absolute atomic E-state index is 0.0767. The number of phenolic OH excluding ortho intramolecular Hbond substituents is 1. The van der Waals surface area contributed by atoms with Crippen LogP contribution in [0.15, 0.2) is 53.3 Å². The van der Waals surface area contributed by atoms with Gasteiger partial charge in [0.1, 0.15) is 11.8 Å². The van der Waals surface area contributed by atoms with Crippen molar-refractivity contribution in [1.82, 2.24) is 10.2 Å². The van der Waals surface area contributed by atoms with Gasteiger partial charge in [0, 0.05) is 22.4 Å². The molecule has 1 aliphatic carbocycles. The second-order valence-corrected chi connectivity index (χ2v) is 6.84. The van der Waals surface area contributed by atoms with Crippen LogP contribution in [0.3, 0.4) is 0 Å². The third kappa shape index (κ3) is 2.35. The van der Waals surface area contributed by atoms with Crippen molar-refractivity contribution in [1.29, 1.82) is 5.26 Å². The fourth-order valence-corrected chi connectivity index (χ4v) is 3.96. The van der Waals surface area contributed by atoms with Gasteiger partial charge in [0.05, 0.1) is 23.5 Å². The minimum atomic E-state index is 0.0767. The lowest BCUT2D eigenvalue weighted by atomic mass is 9.96. The summed E-state index contributed by atoms with van der Waals surface area (Å²) in [6.07, 6.45) is 3.85. The lowest BCUT2D eigenvalue weighted by Crippen LogP contribution is -1.90. The average molecular weight is 374 g/mol. The zero-order valence-electron chi connectivity index (χ0n) is 14.0. The first-order chi connectivity index (χ1) is 13.2. The Morgan fingerprint density at radius 2 is 2.11 bits per heavy atom. The molecule has 0 unspecified atom stereocenters. The maximum absolute atomic E-state index is 10.1. The number of halogens is 1. The van der Waals surface area contributed by atoms with Crippen molar-refractivity contribution < 1.29 is 9.52 Å². The Bertz CT molecular complexity index is 1290. The molecule has 0 amide bonds. The van der Waals surface area contributed by atoms with Crippen molar-refractivity contribution in [2.24, 2.45) is 0 Å². The number of fused-ring (bicyclic) bond motifs is 2. The number of aromatic amines is 1. The minimum Gasteiger partial charge on any atom is -0.508 e. The van der Waals surface area contributed by atoms with Gasteiger partial charge in [-0.25, -0.2) is 0 Å². The molecule has 6 heteroatoms. The molecule has 0 radical (unpaired) electrons. The molecule has 0 aliphatic heterocycles. The Labute approximate surface area is 159 Å². The number of aromatic nitrogens is 2. The lowest BCUT2D eigenvalue weighted by molar-refractivity contribution is 0.475. The van der Waals surface area contributed by atoms with Crippen LogP contribution in [-0.2, 0) is 6.42 Å². The number of nitrogens with one attached hydrogen (secondary N) is 1. The fraction of sp³-hybridized carbons (Fsp3) is 0.0476. The summed E-state index contributed by atoms with van der Waals surface area (Å²) in [6.45, 7) is 0. The number of nitriles is 1. The molecule has 27 heavy (non-hydrogen) atoms. The first kappa shape index (κ1) is 15.7. The summed E-state index contributed by atoms with van der Waals surface area (Å²) in [5.41, 5.74) is 5.85. The molecule has 5 rings (SSSR count). The molecule has 130 valence electrons. The Hall–Kier alpha value is -3.49. The normalized spacial score (nSPS) is 13.2. The molecule has 4 aromatic rings. The summed E-state index contributed by atoms with van der Waals surface area (Å²) in [4.78, 5) is 0. The van der Waals surface area contributed by atoms with E-state index in [1.807, 2.05) is 18.2 Å². The van der Waals surface area contributed by atoms with Crippen molar-refractivity contribution >= 4 is 33.7 Å². The number of hydrogen-bond donors (Lipinski definition) is 2. The predicted molar refractivity (Wildman–Crippen MR) is 102 cm³/mol. The molecule has 0 saturated heterocycles. The van der Waals surface area contributed by atoms with Gasteiger partial charge < -0.3 is 9.52 Å². The summed E-state index contributed by atoms with van der Waals surface area (Å²) in [5, 5.41) is 28.1. The first-order valence-corrected chi connectivity index (χ1v) is 8.70. The van der Waals surface area contributed by atoms with Gasteiger partial charge in [-0.15, -0.1) is 0 Å². The van der Waals surface area contributed by atoms with E-state index < -0.39 is 0 Å². The molecule has 0 fully saturated rings. The molecular weight excluding hydrogens is 362 g/mol. The van der Waals surface area contributed by atoms with Crippen molar-refractivity contribution in [2.45, 2.75) is 6.42 Å². The van der Waals surface area contributed by atoms with E-state index in [1.165, 1.54) is 12.3 Å². The number of allylic oxidation sites excluding steroid dienone is 1. The summed E-state index contributed by atoms with van der Waals surface area (Å²) >= 11 is 6.41. The van der Waals surface area contributed by atoms with Crippen molar-refractivity contribution in [3.63, 3.8) is 0 Å². The lowest BCUT2D eigenvalue weighted by Gasteiger charge is -2.08. The van der Waals surface area contributed by atoms with Crippen LogP contribution in [-0.4, -0.2) is 15.3 Å². The largest absolute Gasteiger partial charge is 0.508 e. The van der Waals surface area contributed by atoms with E-state index in [2.05, 4.69) is 16.3 Å². The number of rotatable bonds is 2. The fourth-order valence-electron chi connectivity index (χ4n) is 3.68. The van der Waals surface area contributed by atoms with Gasteiger partial charge in [0.2, 0.25) is 0 Å². The highest BCUT2D eigenvalue weighted by Crippen LogP contribution is 2.47. The molecule has 0 saturated carbocycles. The van der Waals surface area contributed by atoms with Gasteiger partial charge in [0.25, 0.3) is 0 Å². The third-order valence-corrected chi connectivity index (χ3v) is 5.24. The number of hydrogen-bond acceptors (Lipinski definition) is 4. The number of furan rings is 1. The molecular formula is C21H12ClN3O2. The SMILES string of the molecule is N#Cc1ccoc1C1=C(c2ccc3[nH]ncc3c2)Cc2c(Cl)cc(O)cc21. The van der Waals surface area contributed by atoms with E-state index in [-0.39, 0.29) is 5.75 Å². The molecule has 2 aromatic carbocycles. The van der Waals surface area contributed by atoms with Crippen LogP contribution in [0.5, 0.6) is 5.75 Å². The van der Waals surface area contributed by atoms with Crippen LogP contribution in [0.1, 0.15) is 28.0 Å². The van der Waals surface area contributed by atoms with Gasteiger partial charge in [-0.3, -0.25) is 5.10 Å². The highest BCUT2D eigenvalue weighted by atomic mass is 35.5.